The molecule has 19 heavy (non-hydrogen) atoms. The molecule has 1 aromatic rings. The van der Waals surface area contributed by atoms with Crippen molar-refractivity contribution in [1.82, 2.24) is 5.32 Å². The Hall–Kier alpha value is -0.970. The van der Waals surface area contributed by atoms with Gasteiger partial charge in [-0.1, -0.05) is 23.2 Å². The van der Waals surface area contributed by atoms with Gasteiger partial charge in [0.1, 0.15) is 5.75 Å². The summed E-state index contributed by atoms with van der Waals surface area (Å²) in [5.41, 5.74) is 6.03. The minimum absolute atomic E-state index is 0.383. The predicted molar refractivity (Wildman–Crippen MR) is 75.6 cm³/mol. The molecular formula is C13H16Cl2N2O2. The van der Waals surface area contributed by atoms with Crippen LogP contribution in [0.2, 0.25) is 10.0 Å². The maximum atomic E-state index is 11.1. The lowest BCUT2D eigenvalue weighted by Gasteiger charge is -2.17. The third-order valence-corrected chi connectivity index (χ3v) is 3.44. The van der Waals surface area contributed by atoms with Crippen molar-refractivity contribution in [3.8, 4) is 5.75 Å². The molecule has 0 heterocycles. The summed E-state index contributed by atoms with van der Waals surface area (Å²) in [5, 5.41) is 4.28. The summed E-state index contributed by atoms with van der Waals surface area (Å²) < 4.78 is 5.54. The molecule has 0 bridgehead atoms. The van der Waals surface area contributed by atoms with E-state index in [-0.39, 0.29) is 0 Å². The highest BCUT2D eigenvalue weighted by atomic mass is 35.5. The number of amides is 1. The number of carbonyl (C=O) groups is 1. The fourth-order valence-electron chi connectivity index (χ4n) is 1.65. The van der Waals surface area contributed by atoms with Crippen molar-refractivity contribution in [1.29, 1.82) is 0 Å². The van der Waals surface area contributed by atoms with Crippen LogP contribution >= 0.6 is 23.2 Å². The normalized spacial score (nSPS) is 16.2. The second-order valence-electron chi connectivity index (χ2n) is 4.69. The Morgan fingerprint density at radius 2 is 2.21 bits per heavy atom. The fraction of sp³-hybridized carbons (Fsp3) is 0.462. The molecule has 3 N–H and O–H groups in total. The van der Waals surface area contributed by atoms with Crippen molar-refractivity contribution in [3.05, 3.63) is 27.7 Å². The second-order valence-corrected chi connectivity index (χ2v) is 5.54. The van der Waals surface area contributed by atoms with Gasteiger partial charge in [-0.15, -0.1) is 0 Å². The molecule has 0 aliphatic heterocycles. The number of primary amides is 1. The van der Waals surface area contributed by atoms with Gasteiger partial charge in [-0.2, -0.15) is 0 Å². The molecule has 1 saturated carbocycles. The number of ether oxygens (including phenoxy) is 1. The fourth-order valence-corrected chi connectivity index (χ4v) is 2.23. The Balaban J connectivity index is 2.19. The van der Waals surface area contributed by atoms with Crippen molar-refractivity contribution >= 4 is 29.1 Å². The van der Waals surface area contributed by atoms with Gasteiger partial charge in [0.25, 0.3) is 5.91 Å². The molecule has 1 aliphatic rings. The van der Waals surface area contributed by atoms with E-state index in [0.717, 1.165) is 5.56 Å². The van der Waals surface area contributed by atoms with E-state index in [1.165, 1.54) is 12.8 Å². The summed E-state index contributed by atoms with van der Waals surface area (Å²) in [7, 11) is 0. The largest absolute Gasteiger partial charge is 0.479 e. The second kappa shape index (κ2) is 5.99. The van der Waals surface area contributed by atoms with Crippen LogP contribution in [0.15, 0.2) is 12.1 Å². The molecular weight excluding hydrogens is 287 g/mol. The Kier molecular flexibility index (Phi) is 4.55. The van der Waals surface area contributed by atoms with E-state index < -0.39 is 12.0 Å². The molecule has 104 valence electrons. The van der Waals surface area contributed by atoms with Crippen LogP contribution < -0.4 is 15.8 Å². The Morgan fingerprint density at radius 3 is 2.79 bits per heavy atom. The number of hydrogen-bond donors (Lipinski definition) is 2. The minimum Gasteiger partial charge on any atom is -0.479 e. The maximum absolute atomic E-state index is 11.1. The summed E-state index contributed by atoms with van der Waals surface area (Å²) in [5.74, 6) is -0.0716. The molecule has 1 amide bonds. The molecule has 0 spiro atoms. The van der Waals surface area contributed by atoms with Gasteiger partial charge < -0.3 is 15.8 Å². The number of benzene rings is 1. The standard InChI is InChI=1S/C13H16Cl2N2O2/c1-7(13(16)18)19-12-8(6-17-10-2-3-10)4-9(14)5-11(12)15/h4-5,7,10,17H,2-3,6H2,1H3,(H2,16,18). The van der Waals surface area contributed by atoms with Crippen molar-refractivity contribution < 1.29 is 9.53 Å². The summed E-state index contributed by atoms with van der Waals surface area (Å²) in [6.45, 7) is 2.19. The Morgan fingerprint density at radius 1 is 1.53 bits per heavy atom. The van der Waals surface area contributed by atoms with Gasteiger partial charge in [0, 0.05) is 23.2 Å². The van der Waals surface area contributed by atoms with Crippen LogP contribution in [0.1, 0.15) is 25.3 Å². The van der Waals surface area contributed by atoms with E-state index in [0.29, 0.717) is 28.4 Å². The van der Waals surface area contributed by atoms with Crippen molar-refractivity contribution in [3.63, 3.8) is 0 Å². The van der Waals surface area contributed by atoms with Crippen LogP contribution in [0.3, 0.4) is 0 Å². The zero-order valence-electron chi connectivity index (χ0n) is 10.6. The number of carbonyl (C=O) groups excluding carboxylic acids is 1. The Labute approximate surface area is 122 Å². The van der Waals surface area contributed by atoms with Gasteiger partial charge in [-0.3, -0.25) is 4.79 Å². The molecule has 1 aromatic carbocycles. The zero-order valence-corrected chi connectivity index (χ0v) is 12.1. The van der Waals surface area contributed by atoms with Crippen LogP contribution in [0.25, 0.3) is 0 Å². The highest BCUT2D eigenvalue weighted by Crippen LogP contribution is 2.33. The van der Waals surface area contributed by atoms with Crippen molar-refractivity contribution in [2.24, 2.45) is 5.73 Å². The zero-order chi connectivity index (χ0) is 14.0. The first-order valence-electron chi connectivity index (χ1n) is 6.14. The van der Waals surface area contributed by atoms with E-state index in [9.17, 15) is 4.79 Å². The first-order valence-corrected chi connectivity index (χ1v) is 6.90. The van der Waals surface area contributed by atoms with Crippen molar-refractivity contribution in [2.45, 2.75) is 38.5 Å². The van der Waals surface area contributed by atoms with Gasteiger partial charge in [-0.25, -0.2) is 0 Å². The number of rotatable bonds is 6. The van der Waals surface area contributed by atoms with E-state index >= 15 is 0 Å². The van der Waals surface area contributed by atoms with Crippen molar-refractivity contribution in [2.75, 3.05) is 0 Å². The lowest BCUT2D eigenvalue weighted by Crippen LogP contribution is -2.31. The average molecular weight is 303 g/mol. The molecule has 1 unspecified atom stereocenters. The number of nitrogens with one attached hydrogen (secondary N) is 1. The number of hydrogen-bond acceptors (Lipinski definition) is 3. The topological polar surface area (TPSA) is 64.3 Å². The van der Waals surface area contributed by atoms with Crippen LogP contribution in [0.5, 0.6) is 5.75 Å². The first-order chi connectivity index (χ1) is 8.97. The predicted octanol–water partition coefficient (Wildman–Crippen LogP) is 2.50. The van der Waals surface area contributed by atoms with Gasteiger partial charge in [0.2, 0.25) is 0 Å². The van der Waals surface area contributed by atoms with E-state index in [1.54, 1.807) is 19.1 Å². The maximum Gasteiger partial charge on any atom is 0.258 e. The highest BCUT2D eigenvalue weighted by molar-refractivity contribution is 6.35. The molecule has 0 saturated heterocycles. The van der Waals surface area contributed by atoms with Gasteiger partial charge in [-0.05, 0) is 31.9 Å². The SMILES string of the molecule is CC(Oc1c(Cl)cc(Cl)cc1CNC1CC1)C(N)=O. The van der Waals surface area contributed by atoms with Crippen LogP contribution in [0.4, 0.5) is 0 Å². The Bertz CT molecular complexity index is 490. The van der Waals surface area contributed by atoms with Gasteiger partial charge >= 0.3 is 0 Å². The smallest absolute Gasteiger partial charge is 0.258 e. The van der Waals surface area contributed by atoms with E-state index in [2.05, 4.69) is 5.32 Å². The number of halogens is 2. The first kappa shape index (κ1) is 14.4. The molecule has 1 atom stereocenters. The molecule has 0 radical (unpaired) electrons. The van der Waals surface area contributed by atoms with Crippen LogP contribution in [-0.4, -0.2) is 18.1 Å². The molecule has 1 aliphatic carbocycles. The molecule has 2 rings (SSSR count). The van der Waals surface area contributed by atoms with E-state index in [4.69, 9.17) is 33.7 Å². The summed E-state index contributed by atoms with van der Waals surface area (Å²) in [4.78, 5) is 11.1. The highest BCUT2D eigenvalue weighted by Gasteiger charge is 2.22. The third kappa shape index (κ3) is 4.00. The monoisotopic (exact) mass is 302 g/mol. The summed E-state index contributed by atoms with van der Waals surface area (Å²) in [6.07, 6.45) is 1.63. The van der Waals surface area contributed by atoms with Gasteiger partial charge in [0.05, 0.1) is 5.02 Å². The summed E-state index contributed by atoms with van der Waals surface area (Å²) in [6, 6.07) is 3.93. The van der Waals surface area contributed by atoms with Crippen LogP contribution in [-0.2, 0) is 11.3 Å². The van der Waals surface area contributed by atoms with Crippen LogP contribution in [0, 0.1) is 0 Å². The molecule has 4 nitrogen and oxygen atoms in total. The molecule has 0 aromatic heterocycles. The van der Waals surface area contributed by atoms with E-state index in [1.807, 2.05) is 0 Å². The quantitative estimate of drug-likeness (QED) is 0.848. The van der Waals surface area contributed by atoms with Gasteiger partial charge in [0.15, 0.2) is 6.10 Å². The molecule has 6 heteroatoms. The average Bonchev–Trinajstić information content (AvgIpc) is 3.13. The third-order valence-electron chi connectivity index (χ3n) is 2.94. The lowest BCUT2D eigenvalue weighted by atomic mass is 10.2. The molecule has 1 fully saturated rings. The lowest BCUT2D eigenvalue weighted by molar-refractivity contribution is -0.123. The number of nitrogens with two attached hydrogens (primary N) is 1. The summed E-state index contributed by atoms with van der Waals surface area (Å²) >= 11 is 12.1. The minimum atomic E-state index is -0.738.